The van der Waals surface area contributed by atoms with Crippen LogP contribution in [-0.2, 0) is 0 Å². The Labute approximate surface area is 114 Å². The lowest BCUT2D eigenvalue weighted by atomic mass is 10.00. The summed E-state index contributed by atoms with van der Waals surface area (Å²) in [6, 6.07) is 13.2. The van der Waals surface area contributed by atoms with Crippen LogP contribution in [0.5, 0.6) is 0 Å². The van der Waals surface area contributed by atoms with E-state index in [9.17, 15) is 5.11 Å². The first-order valence-corrected chi connectivity index (χ1v) is 6.44. The van der Waals surface area contributed by atoms with Crippen molar-refractivity contribution in [3.05, 3.63) is 68.7 Å². The first kappa shape index (κ1) is 12.6. The van der Waals surface area contributed by atoms with Gasteiger partial charge in [0.25, 0.3) is 0 Å². The molecule has 1 atom stereocenters. The summed E-state index contributed by atoms with van der Waals surface area (Å²) in [5, 5.41) is 10.9. The molecule has 2 aromatic carbocycles. The van der Waals surface area contributed by atoms with Crippen molar-refractivity contribution in [3.63, 3.8) is 0 Å². The minimum absolute atomic E-state index is 0.581. The number of hydrogen-bond acceptors (Lipinski definition) is 1. The molecular formula is C14H12BrClO. The van der Waals surface area contributed by atoms with E-state index in [0.29, 0.717) is 5.02 Å². The van der Waals surface area contributed by atoms with Crippen LogP contribution in [0.1, 0.15) is 22.8 Å². The Morgan fingerprint density at radius 1 is 1.18 bits per heavy atom. The zero-order chi connectivity index (χ0) is 12.4. The van der Waals surface area contributed by atoms with Gasteiger partial charge in [-0.25, -0.2) is 0 Å². The molecule has 0 amide bonds. The van der Waals surface area contributed by atoms with E-state index in [1.54, 1.807) is 6.07 Å². The third-order valence-electron chi connectivity index (χ3n) is 2.58. The Kier molecular flexibility index (Phi) is 3.87. The summed E-state index contributed by atoms with van der Waals surface area (Å²) in [5.41, 5.74) is 2.66. The maximum Gasteiger partial charge on any atom is 0.106 e. The van der Waals surface area contributed by atoms with Gasteiger partial charge >= 0.3 is 0 Å². The van der Waals surface area contributed by atoms with Crippen molar-refractivity contribution in [3.8, 4) is 0 Å². The molecule has 1 nitrogen and oxygen atoms in total. The first-order chi connectivity index (χ1) is 8.08. The largest absolute Gasteiger partial charge is 0.384 e. The molecule has 0 saturated heterocycles. The van der Waals surface area contributed by atoms with Crippen LogP contribution in [0.4, 0.5) is 0 Å². The van der Waals surface area contributed by atoms with E-state index in [0.717, 1.165) is 21.2 Å². The molecule has 0 aliphatic carbocycles. The summed E-state index contributed by atoms with van der Waals surface area (Å²) in [6.45, 7) is 1.99. The average Bonchev–Trinajstić information content (AvgIpc) is 2.27. The van der Waals surface area contributed by atoms with E-state index in [-0.39, 0.29) is 0 Å². The van der Waals surface area contributed by atoms with Crippen LogP contribution in [0.2, 0.25) is 5.02 Å². The third-order valence-corrected chi connectivity index (χ3v) is 3.38. The SMILES string of the molecule is Cc1cc(Br)cc(C(O)c2ccccc2Cl)c1. The van der Waals surface area contributed by atoms with E-state index < -0.39 is 6.10 Å². The second-order valence-electron chi connectivity index (χ2n) is 3.99. The van der Waals surface area contributed by atoms with Gasteiger partial charge in [0.05, 0.1) is 0 Å². The predicted octanol–water partition coefficient (Wildman–Crippen LogP) is 4.49. The molecule has 0 aliphatic heterocycles. The quantitative estimate of drug-likeness (QED) is 0.866. The van der Waals surface area contributed by atoms with E-state index in [2.05, 4.69) is 15.9 Å². The number of benzene rings is 2. The molecule has 0 radical (unpaired) electrons. The Bertz CT molecular complexity index is 519. The van der Waals surface area contributed by atoms with Crippen molar-refractivity contribution in [1.29, 1.82) is 0 Å². The lowest BCUT2D eigenvalue weighted by Crippen LogP contribution is -2.00. The molecule has 17 heavy (non-hydrogen) atoms. The molecule has 1 unspecified atom stereocenters. The van der Waals surface area contributed by atoms with Gasteiger partial charge in [-0.05, 0) is 36.2 Å². The first-order valence-electron chi connectivity index (χ1n) is 5.27. The molecule has 88 valence electrons. The molecule has 0 spiro atoms. The number of rotatable bonds is 2. The predicted molar refractivity (Wildman–Crippen MR) is 74.4 cm³/mol. The Balaban J connectivity index is 2.43. The highest BCUT2D eigenvalue weighted by Gasteiger charge is 2.14. The van der Waals surface area contributed by atoms with Crippen LogP contribution < -0.4 is 0 Å². The molecule has 2 aromatic rings. The zero-order valence-electron chi connectivity index (χ0n) is 9.32. The van der Waals surface area contributed by atoms with E-state index in [1.165, 1.54) is 0 Å². The molecule has 0 aromatic heterocycles. The van der Waals surface area contributed by atoms with Crippen LogP contribution in [0.25, 0.3) is 0 Å². The van der Waals surface area contributed by atoms with Gasteiger partial charge in [-0.1, -0.05) is 51.8 Å². The maximum absolute atomic E-state index is 10.3. The molecule has 1 N–H and O–H groups in total. The monoisotopic (exact) mass is 310 g/mol. The second kappa shape index (κ2) is 5.21. The molecule has 0 fully saturated rings. The highest BCUT2D eigenvalue weighted by molar-refractivity contribution is 9.10. The molecule has 0 saturated carbocycles. The Hall–Kier alpha value is -0.830. The van der Waals surface area contributed by atoms with Gasteiger partial charge in [0.15, 0.2) is 0 Å². The van der Waals surface area contributed by atoms with Gasteiger partial charge in [-0.15, -0.1) is 0 Å². The fraction of sp³-hybridized carbons (Fsp3) is 0.143. The van der Waals surface area contributed by atoms with Gasteiger partial charge < -0.3 is 5.11 Å². The van der Waals surface area contributed by atoms with Crippen LogP contribution in [0.15, 0.2) is 46.9 Å². The summed E-state index contributed by atoms with van der Waals surface area (Å²) < 4.78 is 0.957. The third kappa shape index (κ3) is 2.89. The van der Waals surface area contributed by atoms with Gasteiger partial charge in [0.1, 0.15) is 6.10 Å². The van der Waals surface area contributed by atoms with Gasteiger partial charge in [-0.2, -0.15) is 0 Å². The van der Waals surface area contributed by atoms with Gasteiger partial charge in [-0.3, -0.25) is 0 Å². The van der Waals surface area contributed by atoms with Crippen molar-refractivity contribution >= 4 is 27.5 Å². The minimum atomic E-state index is -0.695. The van der Waals surface area contributed by atoms with Crippen molar-refractivity contribution in [2.24, 2.45) is 0 Å². The molecule has 0 aliphatic rings. The van der Waals surface area contributed by atoms with Crippen LogP contribution in [0.3, 0.4) is 0 Å². The Morgan fingerprint density at radius 3 is 2.53 bits per heavy atom. The summed E-state index contributed by atoms with van der Waals surface area (Å²) >= 11 is 9.51. The number of hydrogen-bond donors (Lipinski definition) is 1. The second-order valence-corrected chi connectivity index (χ2v) is 5.31. The van der Waals surface area contributed by atoms with E-state index >= 15 is 0 Å². The summed E-state index contributed by atoms with van der Waals surface area (Å²) in [7, 11) is 0. The Morgan fingerprint density at radius 2 is 1.88 bits per heavy atom. The smallest absolute Gasteiger partial charge is 0.106 e. The van der Waals surface area contributed by atoms with Gasteiger partial charge in [0.2, 0.25) is 0 Å². The highest BCUT2D eigenvalue weighted by Crippen LogP contribution is 2.30. The minimum Gasteiger partial charge on any atom is -0.384 e. The fourth-order valence-corrected chi connectivity index (χ4v) is 2.66. The van der Waals surface area contributed by atoms with Crippen molar-refractivity contribution in [2.75, 3.05) is 0 Å². The van der Waals surface area contributed by atoms with Crippen molar-refractivity contribution in [2.45, 2.75) is 13.0 Å². The molecule has 0 bridgehead atoms. The van der Waals surface area contributed by atoms with E-state index in [1.807, 2.05) is 43.3 Å². The maximum atomic E-state index is 10.3. The van der Waals surface area contributed by atoms with Gasteiger partial charge in [0, 0.05) is 15.1 Å². The lowest BCUT2D eigenvalue weighted by molar-refractivity contribution is 0.220. The highest BCUT2D eigenvalue weighted by atomic mass is 79.9. The average molecular weight is 312 g/mol. The summed E-state index contributed by atoms with van der Waals surface area (Å²) in [4.78, 5) is 0. The summed E-state index contributed by atoms with van der Waals surface area (Å²) in [6.07, 6.45) is -0.695. The number of aryl methyl sites for hydroxylation is 1. The summed E-state index contributed by atoms with van der Waals surface area (Å²) in [5.74, 6) is 0. The van der Waals surface area contributed by atoms with Crippen LogP contribution >= 0.6 is 27.5 Å². The number of aliphatic hydroxyl groups excluding tert-OH is 1. The standard InChI is InChI=1S/C14H12BrClO/c1-9-6-10(8-11(15)7-9)14(17)12-4-2-3-5-13(12)16/h2-8,14,17H,1H3. The fourth-order valence-electron chi connectivity index (χ4n) is 1.80. The molecular weight excluding hydrogens is 300 g/mol. The molecule has 0 heterocycles. The topological polar surface area (TPSA) is 20.2 Å². The molecule has 3 heteroatoms. The van der Waals surface area contributed by atoms with Crippen LogP contribution in [0, 0.1) is 6.92 Å². The van der Waals surface area contributed by atoms with E-state index in [4.69, 9.17) is 11.6 Å². The van der Waals surface area contributed by atoms with Crippen LogP contribution in [-0.4, -0.2) is 5.11 Å². The normalized spacial score (nSPS) is 12.5. The number of halogens is 2. The zero-order valence-corrected chi connectivity index (χ0v) is 11.7. The van der Waals surface area contributed by atoms with Crippen molar-refractivity contribution in [1.82, 2.24) is 0 Å². The lowest BCUT2D eigenvalue weighted by Gasteiger charge is -2.14. The molecule has 2 rings (SSSR count). The van der Waals surface area contributed by atoms with Crippen molar-refractivity contribution < 1.29 is 5.11 Å². The number of aliphatic hydroxyl groups is 1.